The van der Waals surface area contributed by atoms with Crippen molar-refractivity contribution in [2.75, 3.05) is 27.9 Å². The lowest BCUT2D eigenvalue weighted by atomic mass is 10.0. The summed E-state index contributed by atoms with van der Waals surface area (Å²) in [6, 6.07) is 14.2. The number of methoxy groups -OCH3 is 3. The summed E-state index contributed by atoms with van der Waals surface area (Å²) in [4.78, 5) is 41.2. The Bertz CT molecular complexity index is 1710. The minimum atomic E-state index is -0.724. The van der Waals surface area contributed by atoms with Crippen molar-refractivity contribution in [3.05, 3.63) is 85.5 Å². The second-order valence-electron chi connectivity index (χ2n) is 9.17. The van der Waals surface area contributed by atoms with E-state index < -0.39 is 29.7 Å². The minimum absolute atomic E-state index is 0.0267. The van der Waals surface area contributed by atoms with Crippen molar-refractivity contribution >= 4 is 46.1 Å². The van der Waals surface area contributed by atoms with Crippen LogP contribution in [0.5, 0.6) is 23.1 Å². The van der Waals surface area contributed by atoms with Gasteiger partial charge in [0.2, 0.25) is 5.88 Å². The van der Waals surface area contributed by atoms with E-state index in [1.165, 1.54) is 21.1 Å². The average molecular weight is 606 g/mol. The number of carbonyl (C=O) groups excluding carboxylic acids is 2. The first-order chi connectivity index (χ1) is 20.1. The zero-order valence-electron chi connectivity index (χ0n) is 23.3. The summed E-state index contributed by atoms with van der Waals surface area (Å²) < 4.78 is 16.9. The molecule has 12 heteroatoms. The van der Waals surface area contributed by atoms with E-state index in [9.17, 15) is 24.8 Å². The van der Waals surface area contributed by atoms with E-state index in [0.717, 1.165) is 32.4 Å². The summed E-state index contributed by atoms with van der Waals surface area (Å²) in [5.74, 6) is -0.0141. The highest BCUT2D eigenvalue weighted by atomic mass is 32.2. The third kappa shape index (κ3) is 6.02. The molecule has 1 aliphatic heterocycles. The second-order valence-corrected chi connectivity index (χ2v) is 10.8. The zero-order chi connectivity index (χ0) is 30.6. The Kier molecular flexibility index (Phi) is 9.35. The number of benzene rings is 2. The minimum Gasteiger partial charge on any atom is -0.497 e. The number of hydrogen-bond acceptors (Lipinski definition) is 10. The summed E-state index contributed by atoms with van der Waals surface area (Å²) in [6.45, 7) is 0.915. The van der Waals surface area contributed by atoms with Crippen LogP contribution in [0.3, 0.4) is 0 Å². The smallest absolute Gasteiger partial charge is 0.271 e. The molecule has 0 aliphatic carbocycles. The normalized spacial score (nSPS) is 13.8. The van der Waals surface area contributed by atoms with E-state index >= 15 is 0 Å². The van der Waals surface area contributed by atoms with Gasteiger partial charge in [-0.25, -0.2) is 0 Å². The van der Waals surface area contributed by atoms with Crippen LogP contribution in [0.25, 0.3) is 6.08 Å². The van der Waals surface area contributed by atoms with Crippen LogP contribution >= 0.6 is 24.0 Å². The van der Waals surface area contributed by atoms with Crippen LogP contribution in [-0.2, 0) is 17.8 Å². The van der Waals surface area contributed by atoms with E-state index in [4.69, 9.17) is 26.4 Å². The number of aromatic nitrogens is 1. The van der Waals surface area contributed by atoms with Crippen molar-refractivity contribution in [1.29, 1.82) is 5.26 Å². The topological polar surface area (TPSA) is 131 Å². The third-order valence-electron chi connectivity index (χ3n) is 6.74. The Morgan fingerprint density at radius 3 is 2.38 bits per heavy atom. The van der Waals surface area contributed by atoms with Gasteiger partial charge in [0.1, 0.15) is 21.7 Å². The maximum atomic E-state index is 13.5. The highest BCUT2D eigenvalue weighted by Gasteiger charge is 2.35. The largest absolute Gasteiger partial charge is 0.497 e. The molecule has 0 unspecified atom stereocenters. The van der Waals surface area contributed by atoms with Gasteiger partial charge >= 0.3 is 0 Å². The van der Waals surface area contributed by atoms with Gasteiger partial charge < -0.3 is 19.3 Å². The van der Waals surface area contributed by atoms with Crippen LogP contribution < -0.4 is 19.8 Å². The molecule has 1 fully saturated rings. The molecule has 0 atom stereocenters. The Morgan fingerprint density at radius 1 is 1.07 bits per heavy atom. The highest BCUT2D eigenvalue weighted by Crippen LogP contribution is 2.34. The molecule has 1 amide bonds. The summed E-state index contributed by atoms with van der Waals surface area (Å²) in [5, 5.41) is 20.8. The molecule has 3 aromatic rings. The summed E-state index contributed by atoms with van der Waals surface area (Å²) in [5.41, 5.74) is 0.340. The molecule has 1 N–H and O–H groups in total. The van der Waals surface area contributed by atoms with Gasteiger partial charge in [-0.15, -0.1) is 0 Å². The molecule has 0 bridgehead atoms. The van der Waals surface area contributed by atoms with Crippen LogP contribution in [0, 0.1) is 18.3 Å². The maximum Gasteiger partial charge on any atom is 0.271 e. The van der Waals surface area contributed by atoms with E-state index in [-0.39, 0.29) is 34.0 Å². The quantitative estimate of drug-likeness (QED) is 0.205. The van der Waals surface area contributed by atoms with Crippen molar-refractivity contribution in [3.63, 3.8) is 0 Å². The number of Topliss-reactive ketones (excluding diaryl/α,β-unsaturated/α-hetero) is 1. The number of aromatic hydroxyl groups is 1. The van der Waals surface area contributed by atoms with E-state index in [1.54, 1.807) is 55.7 Å². The van der Waals surface area contributed by atoms with Crippen LogP contribution in [0.1, 0.15) is 32.6 Å². The molecule has 1 aromatic heterocycles. The van der Waals surface area contributed by atoms with Crippen LogP contribution in [0.2, 0.25) is 0 Å². The molecule has 2 aromatic carbocycles. The average Bonchev–Trinajstić information content (AvgIpc) is 3.24. The SMILES string of the molecule is COc1ccc(/C=C2\SC(=S)N(CC(=O)c3c(C)c(C#N)c(=O)n(CCc4ccc(OC)c(OC)c4)c3O)C2=O)cc1. The van der Waals surface area contributed by atoms with Gasteiger partial charge in [0.25, 0.3) is 11.5 Å². The van der Waals surface area contributed by atoms with Gasteiger partial charge in [-0.3, -0.25) is 23.9 Å². The molecule has 1 aliphatic rings. The van der Waals surface area contributed by atoms with Gasteiger partial charge in [0, 0.05) is 6.54 Å². The first kappa shape index (κ1) is 30.4. The number of amides is 1. The van der Waals surface area contributed by atoms with Crippen molar-refractivity contribution in [2.24, 2.45) is 0 Å². The molecule has 0 radical (unpaired) electrons. The fourth-order valence-electron chi connectivity index (χ4n) is 4.48. The first-order valence-corrected chi connectivity index (χ1v) is 13.9. The molecule has 1 saturated heterocycles. The first-order valence-electron chi connectivity index (χ1n) is 12.6. The molecule has 216 valence electrons. The number of ketones is 1. The summed E-state index contributed by atoms with van der Waals surface area (Å²) in [6.07, 6.45) is 1.94. The number of nitriles is 1. The fourth-order valence-corrected chi connectivity index (χ4v) is 5.73. The second kappa shape index (κ2) is 12.9. The van der Waals surface area contributed by atoms with Gasteiger partial charge in [-0.05, 0) is 60.4 Å². The molecule has 4 rings (SSSR count). The Labute approximate surface area is 251 Å². The van der Waals surface area contributed by atoms with E-state index in [1.807, 2.05) is 6.07 Å². The van der Waals surface area contributed by atoms with Crippen LogP contribution in [0.15, 0.2) is 52.2 Å². The van der Waals surface area contributed by atoms with Crippen LogP contribution in [0.4, 0.5) is 0 Å². The zero-order valence-corrected chi connectivity index (χ0v) is 24.9. The monoisotopic (exact) mass is 605 g/mol. The molecule has 10 nitrogen and oxygen atoms in total. The van der Waals surface area contributed by atoms with Crippen LogP contribution in [-0.4, -0.2) is 58.5 Å². The number of thiocarbonyl (C=S) groups is 1. The Morgan fingerprint density at radius 2 is 1.76 bits per heavy atom. The Hall–Kier alpha value is -4.60. The number of thioether (sulfide) groups is 1. The fraction of sp³-hybridized carbons (Fsp3) is 0.233. The number of nitrogens with zero attached hydrogens (tertiary/aromatic N) is 3. The van der Waals surface area contributed by atoms with Crippen molar-refractivity contribution in [1.82, 2.24) is 9.47 Å². The standard InChI is InChI=1S/C30H27N3O7S2/c1-17-21(15-31)27(35)32(12-11-19-7-10-23(39-3)24(13-19)40-4)29(37)26(17)22(34)16-33-28(36)25(42-30(33)41)14-18-5-8-20(38-2)9-6-18/h5-10,13-14,37H,11-12,16H2,1-4H3/b25-14-. The van der Waals surface area contributed by atoms with E-state index in [0.29, 0.717) is 22.2 Å². The van der Waals surface area contributed by atoms with Gasteiger partial charge in [-0.2, -0.15) is 5.26 Å². The molecular weight excluding hydrogens is 578 g/mol. The predicted octanol–water partition coefficient (Wildman–Crippen LogP) is 4.09. The lowest BCUT2D eigenvalue weighted by Crippen LogP contribution is -2.35. The number of carbonyl (C=O) groups is 2. The number of pyridine rings is 1. The number of hydrogen-bond donors (Lipinski definition) is 1. The third-order valence-corrected chi connectivity index (χ3v) is 8.12. The van der Waals surface area contributed by atoms with Crippen molar-refractivity contribution in [3.8, 4) is 29.2 Å². The molecule has 2 heterocycles. The summed E-state index contributed by atoms with van der Waals surface area (Å²) >= 11 is 6.43. The number of rotatable bonds is 10. The van der Waals surface area contributed by atoms with E-state index in [2.05, 4.69) is 0 Å². The molecule has 42 heavy (non-hydrogen) atoms. The van der Waals surface area contributed by atoms with Gasteiger partial charge in [0.05, 0.1) is 38.3 Å². The van der Waals surface area contributed by atoms with Crippen molar-refractivity contribution < 1.29 is 28.9 Å². The lowest BCUT2D eigenvalue weighted by molar-refractivity contribution is -0.121. The molecule has 0 spiro atoms. The number of ether oxygens (including phenoxy) is 3. The van der Waals surface area contributed by atoms with Gasteiger partial charge in [-0.1, -0.05) is 42.2 Å². The van der Waals surface area contributed by atoms with Crippen molar-refractivity contribution in [2.45, 2.75) is 19.9 Å². The maximum absolute atomic E-state index is 13.5. The number of aryl methyl sites for hydroxylation is 1. The summed E-state index contributed by atoms with van der Waals surface area (Å²) in [7, 11) is 4.57. The highest BCUT2D eigenvalue weighted by molar-refractivity contribution is 8.26. The molecular formula is C30H27N3O7S2. The predicted molar refractivity (Wildman–Crippen MR) is 162 cm³/mol. The van der Waals surface area contributed by atoms with Gasteiger partial charge in [0.15, 0.2) is 17.3 Å². The lowest BCUT2D eigenvalue weighted by Gasteiger charge is -2.18. The Balaban J connectivity index is 1.61. The molecule has 0 saturated carbocycles.